The van der Waals surface area contributed by atoms with Gasteiger partial charge in [-0.2, -0.15) is 0 Å². The highest BCUT2D eigenvalue weighted by atomic mass is 16.5. The Bertz CT molecular complexity index is 305. The summed E-state index contributed by atoms with van der Waals surface area (Å²) in [4.78, 5) is 4.13. The van der Waals surface area contributed by atoms with Gasteiger partial charge in [0, 0.05) is 13.1 Å². The summed E-state index contributed by atoms with van der Waals surface area (Å²) in [5.74, 6) is 0.687. The van der Waals surface area contributed by atoms with Crippen molar-refractivity contribution in [2.45, 2.75) is 32.9 Å². The fourth-order valence-corrected chi connectivity index (χ4v) is 2.15. The first kappa shape index (κ1) is 11.6. The summed E-state index contributed by atoms with van der Waals surface area (Å²) >= 11 is 0. The molecule has 0 spiro atoms. The van der Waals surface area contributed by atoms with Crippen LogP contribution in [-0.2, 0) is 17.9 Å². The third-order valence-corrected chi connectivity index (χ3v) is 3.14. The maximum absolute atomic E-state index is 5.76. The average Bonchev–Trinajstić information content (AvgIpc) is 2.78. The van der Waals surface area contributed by atoms with Crippen molar-refractivity contribution in [3.05, 3.63) is 18.2 Å². The quantitative estimate of drug-likeness (QED) is 0.820. The highest BCUT2D eigenvalue weighted by molar-refractivity contribution is 4.96. The minimum absolute atomic E-state index is 0.685. The maximum atomic E-state index is 5.76. The monoisotopic (exact) mass is 223 g/mol. The third-order valence-electron chi connectivity index (χ3n) is 3.14. The number of aryl methyl sites for hydroxylation is 1. The highest BCUT2D eigenvalue weighted by Crippen LogP contribution is 2.11. The molecule has 2 heterocycles. The van der Waals surface area contributed by atoms with Crippen LogP contribution < -0.4 is 5.32 Å². The van der Waals surface area contributed by atoms with Gasteiger partial charge >= 0.3 is 0 Å². The van der Waals surface area contributed by atoms with Crippen molar-refractivity contribution in [1.82, 2.24) is 14.9 Å². The molecule has 0 unspecified atom stereocenters. The van der Waals surface area contributed by atoms with E-state index in [1.165, 1.54) is 25.1 Å². The van der Waals surface area contributed by atoms with Crippen LogP contribution in [0.1, 0.15) is 25.5 Å². The Morgan fingerprint density at radius 1 is 1.62 bits per heavy atom. The van der Waals surface area contributed by atoms with E-state index >= 15 is 0 Å². The molecule has 2 rings (SSSR count). The zero-order chi connectivity index (χ0) is 11.2. The van der Waals surface area contributed by atoms with Crippen LogP contribution in [-0.4, -0.2) is 29.2 Å². The van der Waals surface area contributed by atoms with Crippen molar-refractivity contribution in [2.75, 3.05) is 19.7 Å². The molecule has 1 atom stereocenters. The highest BCUT2D eigenvalue weighted by Gasteiger charge is 2.13. The number of rotatable bonds is 5. The molecule has 1 saturated heterocycles. The second kappa shape index (κ2) is 6.01. The second-order valence-corrected chi connectivity index (χ2v) is 4.40. The number of nitrogens with one attached hydrogen (secondary N) is 1. The van der Waals surface area contributed by atoms with E-state index in [-0.39, 0.29) is 0 Å². The number of nitrogens with zero attached hydrogens (tertiary/aromatic N) is 2. The zero-order valence-corrected chi connectivity index (χ0v) is 9.98. The van der Waals surface area contributed by atoms with E-state index in [0.717, 1.165) is 19.7 Å². The Morgan fingerprint density at radius 2 is 2.56 bits per heavy atom. The van der Waals surface area contributed by atoms with Crippen LogP contribution in [0.3, 0.4) is 0 Å². The van der Waals surface area contributed by atoms with Gasteiger partial charge < -0.3 is 14.6 Å². The maximum Gasteiger partial charge on any atom is 0.0948 e. The molecule has 16 heavy (non-hydrogen) atoms. The average molecular weight is 223 g/mol. The Labute approximate surface area is 97.0 Å². The molecule has 1 fully saturated rings. The molecule has 1 aliphatic heterocycles. The van der Waals surface area contributed by atoms with Crippen LogP contribution in [0.4, 0.5) is 0 Å². The molecule has 4 heteroatoms. The first-order valence-electron chi connectivity index (χ1n) is 6.17. The summed E-state index contributed by atoms with van der Waals surface area (Å²) in [6.45, 7) is 6.90. The van der Waals surface area contributed by atoms with E-state index in [9.17, 15) is 0 Å². The Kier molecular flexibility index (Phi) is 4.36. The molecule has 90 valence electrons. The van der Waals surface area contributed by atoms with Crippen LogP contribution in [0, 0.1) is 5.92 Å². The van der Waals surface area contributed by atoms with Gasteiger partial charge in [0.25, 0.3) is 0 Å². The summed E-state index contributed by atoms with van der Waals surface area (Å²) in [5, 5.41) is 3.40. The fraction of sp³-hybridized carbons (Fsp3) is 0.750. The number of hydrogen-bond donors (Lipinski definition) is 1. The number of ether oxygens (including phenoxy) is 1. The van der Waals surface area contributed by atoms with Crippen LogP contribution >= 0.6 is 0 Å². The van der Waals surface area contributed by atoms with Crippen LogP contribution in [0.5, 0.6) is 0 Å². The van der Waals surface area contributed by atoms with E-state index in [1.54, 1.807) is 0 Å². The van der Waals surface area contributed by atoms with E-state index in [0.29, 0.717) is 12.5 Å². The topological polar surface area (TPSA) is 39.1 Å². The molecule has 1 N–H and O–H groups in total. The molecule has 0 aromatic carbocycles. The summed E-state index contributed by atoms with van der Waals surface area (Å²) in [7, 11) is 0. The van der Waals surface area contributed by atoms with Gasteiger partial charge in [0.2, 0.25) is 0 Å². The van der Waals surface area contributed by atoms with Crippen molar-refractivity contribution < 1.29 is 4.74 Å². The minimum Gasteiger partial charge on any atom is -0.375 e. The molecular weight excluding hydrogens is 202 g/mol. The van der Waals surface area contributed by atoms with Crippen LogP contribution in [0.15, 0.2) is 12.5 Å². The molecule has 4 nitrogen and oxygen atoms in total. The zero-order valence-electron chi connectivity index (χ0n) is 9.98. The molecule has 0 aliphatic carbocycles. The fourth-order valence-electron chi connectivity index (χ4n) is 2.15. The molecule has 1 aromatic rings. The predicted molar refractivity (Wildman–Crippen MR) is 63.2 cm³/mol. The Morgan fingerprint density at radius 3 is 3.31 bits per heavy atom. The van der Waals surface area contributed by atoms with E-state index in [2.05, 4.69) is 21.8 Å². The first-order chi connectivity index (χ1) is 7.90. The molecule has 0 radical (unpaired) electrons. The lowest BCUT2D eigenvalue weighted by molar-refractivity contribution is 0.0746. The van der Waals surface area contributed by atoms with Gasteiger partial charge in [0.1, 0.15) is 0 Å². The first-order valence-corrected chi connectivity index (χ1v) is 6.17. The van der Waals surface area contributed by atoms with E-state index in [4.69, 9.17) is 4.74 Å². The van der Waals surface area contributed by atoms with Crippen molar-refractivity contribution in [3.8, 4) is 0 Å². The Balaban J connectivity index is 1.71. The van der Waals surface area contributed by atoms with Gasteiger partial charge in [-0.05, 0) is 32.2 Å². The standard InChI is InChI=1S/C12H21N3O/c1-2-15-10-14-7-12(15)9-16-8-11-4-3-5-13-6-11/h7,10-11,13H,2-6,8-9H2,1H3/t11-/m0/s1. The van der Waals surface area contributed by atoms with Gasteiger partial charge in [0.15, 0.2) is 0 Å². The number of aromatic nitrogens is 2. The molecule has 1 aliphatic rings. The minimum atomic E-state index is 0.685. The second-order valence-electron chi connectivity index (χ2n) is 4.40. The number of piperidine rings is 1. The van der Waals surface area contributed by atoms with Gasteiger partial charge in [0.05, 0.1) is 31.4 Å². The molecule has 0 bridgehead atoms. The number of imidazole rings is 1. The summed E-state index contributed by atoms with van der Waals surface area (Å²) in [5.41, 5.74) is 1.17. The molecular formula is C12H21N3O. The summed E-state index contributed by atoms with van der Waals surface area (Å²) in [6.07, 6.45) is 6.32. The van der Waals surface area contributed by atoms with Crippen molar-refractivity contribution in [1.29, 1.82) is 0 Å². The van der Waals surface area contributed by atoms with Gasteiger partial charge in [-0.15, -0.1) is 0 Å². The van der Waals surface area contributed by atoms with E-state index < -0.39 is 0 Å². The van der Waals surface area contributed by atoms with E-state index in [1.807, 2.05) is 12.5 Å². The summed E-state index contributed by atoms with van der Waals surface area (Å²) < 4.78 is 7.88. The van der Waals surface area contributed by atoms with Crippen LogP contribution in [0.2, 0.25) is 0 Å². The molecule has 0 amide bonds. The Hall–Kier alpha value is -0.870. The lowest BCUT2D eigenvalue weighted by Gasteiger charge is -2.22. The number of hydrogen-bond acceptors (Lipinski definition) is 3. The molecule has 1 aromatic heterocycles. The summed E-state index contributed by atoms with van der Waals surface area (Å²) in [6, 6.07) is 0. The third kappa shape index (κ3) is 3.06. The van der Waals surface area contributed by atoms with Crippen LogP contribution in [0.25, 0.3) is 0 Å². The van der Waals surface area contributed by atoms with Crippen molar-refractivity contribution in [3.63, 3.8) is 0 Å². The lowest BCUT2D eigenvalue weighted by atomic mass is 10.0. The predicted octanol–water partition coefficient (Wildman–Crippen LogP) is 1.42. The van der Waals surface area contributed by atoms with Crippen molar-refractivity contribution in [2.24, 2.45) is 5.92 Å². The smallest absolute Gasteiger partial charge is 0.0948 e. The van der Waals surface area contributed by atoms with Gasteiger partial charge in [-0.3, -0.25) is 0 Å². The van der Waals surface area contributed by atoms with Gasteiger partial charge in [-0.25, -0.2) is 4.98 Å². The van der Waals surface area contributed by atoms with Crippen molar-refractivity contribution >= 4 is 0 Å². The lowest BCUT2D eigenvalue weighted by Crippen LogP contribution is -2.32. The normalized spacial score (nSPS) is 21.2. The SMILES string of the molecule is CCn1cncc1COC[C@H]1CCCNC1. The van der Waals surface area contributed by atoms with Gasteiger partial charge in [-0.1, -0.05) is 0 Å². The largest absolute Gasteiger partial charge is 0.375 e. The molecule has 0 saturated carbocycles.